The Morgan fingerprint density at radius 2 is 2.04 bits per heavy atom. The number of pyridine rings is 1. The lowest BCUT2D eigenvalue weighted by molar-refractivity contribution is 0.0731. The van der Waals surface area contributed by atoms with Gasteiger partial charge in [-0.25, -0.2) is 4.98 Å². The van der Waals surface area contributed by atoms with Gasteiger partial charge in [-0.3, -0.25) is 4.79 Å². The molecule has 0 saturated heterocycles. The number of likely N-dealkylation sites (N-methyl/N-ethyl adjacent to an activating group) is 1. The van der Waals surface area contributed by atoms with Crippen LogP contribution < -0.4 is 4.74 Å². The lowest BCUT2D eigenvalue weighted by Crippen LogP contribution is -2.38. The van der Waals surface area contributed by atoms with Gasteiger partial charge < -0.3 is 9.64 Å². The van der Waals surface area contributed by atoms with Crippen LogP contribution in [0.4, 0.5) is 0 Å². The number of hydrogen-bond acceptors (Lipinski definition) is 3. The maximum absolute atomic E-state index is 12.8. The van der Waals surface area contributed by atoms with Crippen LogP contribution >= 0.6 is 15.9 Å². The molecule has 2 aromatic rings. The first-order valence-electron chi connectivity index (χ1n) is 8.73. The molecule has 0 aliphatic heterocycles. The highest BCUT2D eigenvalue weighted by molar-refractivity contribution is 9.10. The van der Waals surface area contributed by atoms with Gasteiger partial charge in [0.15, 0.2) is 0 Å². The van der Waals surface area contributed by atoms with Gasteiger partial charge in [0.05, 0.1) is 12.8 Å². The number of fused-ring (bicyclic) bond motifs is 1. The van der Waals surface area contributed by atoms with Crippen LogP contribution in [0, 0.1) is 5.92 Å². The third-order valence-corrected chi connectivity index (χ3v) is 5.58. The maximum Gasteiger partial charge on any atom is 0.272 e. The average Bonchev–Trinajstić information content (AvgIpc) is 3.36. The van der Waals surface area contributed by atoms with E-state index in [1.54, 1.807) is 12.3 Å². The van der Waals surface area contributed by atoms with Crippen LogP contribution in [0.2, 0.25) is 0 Å². The van der Waals surface area contributed by atoms with E-state index in [2.05, 4.69) is 39.1 Å². The second-order valence-electron chi connectivity index (χ2n) is 7.02. The lowest BCUT2D eigenvalue weighted by atomic mass is 10.1. The average molecular weight is 401 g/mol. The van der Waals surface area contributed by atoms with E-state index < -0.39 is 0 Å². The number of benzene rings is 1. The standard InChI is InChI=1S/C20H21BrN2O2/c1-23(17-9-14-4-5-16(21)8-15(14)10-17)20(24)19-7-6-18(11-22-19)25-12-13-2-3-13/h4-8,11,13,17H,2-3,9-10,12H2,1H3/t17-/m1/s1. The molecule has 130 valence electrons. The molecule has 1 fully saturated rings. The first-order valence-corrected chi connectivity index (χ1v) is 9.53. The molecule has 0 spiro atoms. The van der Waals surface area contributed by atoms with Gasteiger partial charge in [0.25, 0.3) is 5.91 Å². The number of halogens is 1. The van der Waals surface area contributed by atoms with Crippen LogP contribution in [0.3, 0.4) is 0 Å². The minimum atomic E-state index is -0.0365. The van der Waals surface area contributed by atoms with Crippen molar-refractivity contribution in [3.63, 3.8) is 0 Å². The molecule has 1 saturated carbocycles. The Kier molecular flexibility index (Phi) is 4.50. The van der Waals surface area contributed by atoms with Crippen molar-refractivity contribution in [1.82, 2.24) is 9.88 Å². The van der Waals surface area contributed by atoms with E-state index >= 15 is 0 Å². The highest BCUT2D eigenvalue weighted by Crippen LogP contribution is 2.30. The van der Waals surface area contributed by atoms with E-state index in [1.165, 1.54) is 24.0 Å². The summed E-state index contributed by atoms with van der Waals surface area (Å²) in [6.45, 7) is 0.755. The number of ether oxygens (including phenoxy) is 1. The summed E-state index contributed by atoms with van der Waals surface area (Å²) < 4.78 is 6.77. The number of rotatable bonds is 5. The molecule has 2 aliphatic carbocycles. The minimum Gasteiger partial charge on any atom is -0.492 e. The van der Waals surface area contributed by atoms with Crippen molar-refractivity contribution < 1.29 is 9.53 Å². The van der Waals surface area contributed by atoms with Gasteiger partial charge >= 0.3 is 0 Å². The Bertz CT molecular complexity index is 787. The molecule has 0 radical (unpaired) electrons. The van der Waals surface area contributed by atoms with E-state index in [-0.39, 0.29) is 11.9 Å². The van der Waals surface area contributed by atoms with E-state index in [9.17, 15) is 4.79 Å². The third-order valence-electron chi connectivity index (χ3n) is 5.09. The van der Waals surface area contributed by atoms with Crippen molar-refractivity contribution in [2.75, 3.05) is 13.7 Å². The zero-order valence-corrected chi connectivity index (χ0v) is 15.8. The van der Waals surface area contributed by atoms with Crippen molar-refractivity contribution in [2.24, 2.45) is 5.92 Å². The summed E-state index contributed by atoms with van der Waals surface area (Å²) >= 11 is 3.52. The van der Waals surface area contributed by atoms with Gasteiger partial charge in [0.1, 0.15) is 11.4 Å². The van der Waals surface area contributed by atoms with Crippen LogP contribution in [0.5, 0.6) is 5.75 Å². The Hall–Kier alpha value is -1.88. The van der Waals surface area contributed by atoms with Crippen molar-refractivity contribution in [3.8, 4) is 5.75 Å². The SMILES string of the molecule is CN(C(=O)c1ccc(OCC2CC2)cn1)[C@@H]1Cc2ccc(Br)cc2C1. The van der Waals surface area contributed by atoms with Gasteiger partial charge in [-0.2, -0.15) is 0 Å². The summed E-state index contributed by atoms with van der Waals surface area (Å²) in [6, 6.07) is 10.1. The van der Waals surface area contributed by atoms with Gasteiger partial charge in [-0.1, -0.05) is 22.0 Å². The molecule has 4 rings (SSSR count). The molecule has 1 aromatic carbocycles. The van der Waals surface area contributed by atoms with Gasteiger partial charge in [0.2, 0.25) is 0 Å². The van der Waals surface area contributed by atoms with E-state index in [1.807, 2.05) is 18.0 Å². The summed E-state index contributed by atoms with van der Waals surface area (Å²) in [5.41, 5.74) is 3.11. The van der Waals surface area contributed by atoms with Crippen molar-refractivity contribution >= 4 is 21.8 Å². The number of hydrogen-bond donors (Lipinski definition) is 0. The van der Waals surface area contributed by atoms with Gasteiger partial charge in [-0.05, 0) is 67.0 Å². The molecule has 0 N–H and O–H groups in total. The normalized spacial score (nSPS) is 18.7. The molecule has 2 aliphatic rings. The zero-order chi connectivity index (χ0) is 17.4. The minimum absolute atomic E-state index is 0.0365. The van der Waals surface area contributed by atoms with Crippen LogP contribution in [0.1, 0.15) is 34.5 Å². The van der Waals surface area contributed by atoms with Crippen LogP contribution in [0.15, 0.2) is 41.0 Å². The number of aromatic nitrogens is 1. The second-order valence-corrected chi connectivity index (χ2v) is 7.94. The van der Waals surface area contributed by atoms with Crippen LogP contribution in [0.25, 0.3) is 0 Å². The largest absolute Gasteiger partial charge is 0.492 e. The van der Waals surface area contributed by atoms with E-state index in [0.29, 0.717) is 11.6 Å². The molecule has 1 aromatic heterocycles. The molecule has 25 heavy (non-hydrogen) atoms. The van der Waals surface area contributed by atoms with Crippen LogP contribution in [-0.2, 0) is 12.8 Å². The fourth-order valence-corrected chi connectivity index (χ4v) is 3.68. The van der Waals surface area contributed by atoms with Crippen LogP contribution in [-0.4, -0.2) is 35.5 Å². The fourth-order valence-electron chi connectivity index (χ4n) is 3.27. The molecule has 0 unspecified atom stereocenters. The smallest absolute Gasteiger partial charge is 0.272 e. The zero-order valence-electron chi connectivity index (χ0n) is 14.2. The fraction of sp³-hybridized carbons (Fsp3) is 0.400. The summed E-state index contributed by atoms with van der Waals surface area (Å²) in [6.07, 6.45) is 5.96. The Morgan fingerprint density at radius 1 is 1.24 bits per heavy atom. The highest BCUT2D eigenvalue weighted by Gasteiger charge is 2.28. The van der Waals surface area contributed by atoms with E-state index in [4.69, 9.17) is 4.74 Å². The highest BCUT2D eigenvalue weighted by atomic mass is 79.9. The molecule has 4 nitrogen and oxygen atoms in total. The predicted molar refractivity (Wildman–Crippen MR) is 99.9 cm³/mol. The summed E-state index contributed by atoms with van der Waals surface area (Å²) in [4.78, 5) is 18.9. The molecular weight excluding hydrogens is 380 g/mol. The predicted octanol–water partition coefficient (Wildman–Crippen LogP) is 3.87. The van der Waals surface area contributed by atoms with Gasteiger partial charge in [0, 0.05) is 17.6 Å². The summed E-state index contributed by atoms with van der Waals surface area (Å²) in [7, 11) is 1.87. The maximum atomic E-state index is 12.8. The molecule has 1 amide bonds. The Balaban J connectivity index is 1.40. The topological polar surface area (TPSA) is 42.4 Å². The number of carbonyl (C=O) groups is 1. The van der Waals surface area contributed by atoms with E-state index in [0.717, 1.165) is 29.7 Å². The lowest BCUT2D eigenvalue weighted by Gasteiger charge is -2.24. The summed E-state index contributed by atoms with van der Waals surface area (Å²) in [5, 5.41) is 0. The quantitative estimate of drug-likeness (QED) is 0.764. The van der Waals surface area contributed by atoms with Gasteiger partial charge in [-0.15, -0.1) is 0 Å². The Labute approximate surface area is 156 Å². The van der Waals surface area contributed by atoms with Crippen molar-refractivity contribution in [1.29, 1.82) is 0 Å². The van der Waals surface area contributed by atoms with Crippen molar-refractivity contribution in [3.05, 3.63) is 57.8 Å². The van der Waals surface area contributed by atoms with Crippen molar-refractivity contribution in [2.45, 2.75) is 31.7 Å². The number of nitrogens with zero attached hydrogens (tertiary/aromatic N) is 2. The molecule has 1 atom stereocenters. The number of carbonyl (C=O) groups excluding carboxylic acids is 1. The number of amides is 1. The Morgan fingerprint density at radius 3 is 2.76 bits per heavy atom. The first kappa shape index (κ1) is 16.6. The third kappa shape index (κ3) is 3.71. The molecular formula is C20H21BrN2O2. The molecule has 5 heteroatoms. The molecule has 1 heterocycles. The monoisotopic (exact) mass is 400 g/mol. The molecule has 0 bridgehead atoms. The first-order chi connectivity index (χ1) is 12.1. The summed E-state index contributed by atoms with van der Waals surface area (Å²) in [5.74, 6) is 1.41. The second kappa shape index (κ2) is 6.79.